The molecule has 1 aromatic heterocycles. The van der Waals surface area contributed by atoms with Crippen molar-refractivity contribution in [3.8, 4) is 0 Å². The summed E-state index contributed by atoms with van der Waals surface area (Å²) in [4.78, 5) is 6.26. The molecule has 2 N–H and O–H groups in total. The van der Waals surface area contributed by atoms with Crippen LogP contribution < -0.4 is 5.73 Å². The third-order valence-corrected chi connectivity index (χ3v) is 5.72. The Morgan fingerprint density at radius 2 is 2.00 bits per heavy atom. The van der Waals surface area contributed by atoms with E-state index in [1.807, 2.05) is 11.3 Å². The maximum atomic E-state index is 5.91. The standard InChI is InChI=1S/C17H22N2S/c1-2-7-14-15(12-18)20-16(19-14)17(10-6-11-17)13-8-4-3-5-9-13/h3-5,8-9H,2,6-7,10-12,18H2,1H3. The van der Waals surface area contributed by atoms with Gasteiger partial charge in [-0.15, -0.1) is 11.3 Å². The van der Waals surface area contributed by atoms with Gasteiger partial charge in [-0.2, -0.15) is 0 Å². The molecule has 20 heavy (non-hydrogen) atoms. The third kappa shape index (κ3) is 2.19. The summed E-state index contributed by atoms with van der Waals surface area (Å²) in [6.07, 6.45) is 5.93. The second kappa shape index (κ2) is 5.66. The van der Waals surface area contributed by atoms with Crippen molar-refractivity contribution in [2.24, 2.45) is 5.73 Å². The minimum Gasteiger partial charge on any atom is -0.326 e. The Bertz CT molecular complexity index is 570. The molecule has 2 aromatic rings. The predicted octanol–water partition coefficient (Wildman–Crippen LogP) is 4.02. The summed E-state index contributed by atoms with van der Waals surface area (Å²) in [5.41, 5.74) is 8.73. The van der Waals surface area contributed by atoms with Crippen LogP contribution in [0.25, 0.3) is 0 Å². The highest BCUT2D eigenvalue weighted by molar-refractivity contribution is 7.12. The molecule has 0 unspecified atom stereocenters. The van der Waals surface area contributed by atoms with E-state index in [0.29, 0.717) is 6.54 Å². The van der Waals surface area contributed by atoms with Crippen LogP contribution in [0.4, 0.5) is 0 Å². The fraction of sp³-hybridized carbons (Fsp3) is 0.471. The van der Waals surface area contributed by atoms with Crippen LogP contribution in [0.5, 0.6) is 0 Å². The first-order valence-corrected chi connectivity index (χ1v) is 8.36. The Hall–Kier alpha value is -1.19. The smallest absolute Gasteiger partial charge is 0.104 e. The first-order chi connectivity index (χ1) is 9.80. The van der Waals surface area contributed by atoms with Crippen molar-refractivity contribution >= 4 is 11.3 Å². The Kier molecular flexibility index (Phi) is 3.90. The maximum absolute atomic E-state index is 5.91. The van der Waals surface area contributed by atoms with E-state index in [1.165, 1.54) is 40.4 Å². The number of benzene rings is 1. The van der Waals surface area contributed by atoms with E-state index in [2.05, 4.69) is 37.3 Å². The normalized spacial score (nSPS) is 16.9. The van der Waals surface area contributed by atoms with Crippen molar-refractivity contribution in [1.29, 1.82) is 0 Å². The highest BCUT2D eigenvalue weighted by Gasteiger charge is 2.43. The van der Waals surface area contributed by atoms with Gasteiger partial charge in [0.2, 0.25) is 0 Å². The maximum Gasteiger partial charge on any atom is 0.104 e. The third-order valence-electron chi connectivity index (χ3n) is 4.39. The summed E-state index contributed by atoms with van der Waals surface area (Å²) < 4.78 is 0. The summed E-state index contributed by atoms with van der Waals surface area (Å²) in [6, 6.07) is 10.9. The monoisotopic (exact) mass is 286 g/mol. The molecule has 0 amide bonds. The lowest BCUT2D eigenvalue weighted by atomic mass is 9.65. The van der Waals surface area contributed by atoms with Gasteiger partial charge in [-0.3, -0.25) is 0 Å². The van der Waals surface area contributed by atoms with Gasteiger partial charge in [-0.25, -0.2) is 4.98 Å². The van der Waals surface area contributed by atoms with Crippen molar-refractivity contribution in [3.63, 3.8) is 0 Å². The van der Waals surface area contributed by atoms with Gasteiger partial charge >= 0.3 is 0 Å². The molecule has 0 spiro atoms. The van der Waals surface area contributed by atoms with E-state index in [4.69, 9.17) is 10.7 Å². The van der Waals surface area contributed by atoms with Gasteiger partial charge < -0.3 is 5.73 Å². The van der Waals surface area contributed by atoms with Crippen molar-refractivity contribution in [3.05, 3.63) is 51.5 Å². The van der Waals surface area contributed by atoms with Crippen LogP contribution in [0.15, 0.2) is 30.3 Å². The van der Waals surface area contributed by atoms with E-state index in [-0.39, 0.29) is 5.41 Å². The number of aryl methyl sites for hydroxylation is 1. The Morgan fingerprint density at radius 1 is 1.25 bits per heavy atom. The lowest BCUT2D eigenvalue weighted by Crippen LogP contribution is -2.35. The second-order valence-corrected chi connectivity index (χ2v) is 6.73. The number of nitrogens with zero attached hydrogens (tertiary/aromatic N) is 1. The zero-order valence-electron chi connectivity index (χ0n) is 12.1. The number of hydrogen-bond acceptors (Lipinski definition) is 3. The quantitative estimate of drug-likeness (QED) is 0.901. The lowest BCUT2D eigenvalue weighted by Gasteiger charge is -2.40. The van der Waals surface area contributed by atoms with Crippen LogP contribution in [0, 0.1) is 0 Å². The Labute approximate surface area is 125 Å². The summed E-state index contributed by atoms with van der Waals surface area (Å²) in [7, 11) is 0. The fourth-order valence-corrected chi connectivity index (χ4v) is 4.35. The van der Waals surface area contributed by atoms with Crippen LogP contribution in [0.1, 0.15) is 53.7 Å². The Morgan fingerprint density at radius 3 is 2.55 bits per heavy atom. The minimum atomic E-state index is 0.168. The van der Waals surface area contributed by atoms with Gasteiger partial charge in [-0.1, -0.05) is 50.1 Å². The number of nitrogens with two attached hydrogens (primary N) is 1. The molecule has 106 valence electrons. The summed E-state index contributed by atoms with van der Waals surface area (Å²) in [5, 5.41) is 1.29. The molecule has 3 rings (SSSR count). The first kappa shape index (κ1) is 13.8. The van der Waals surface area contributed by atoms with Gasteiger partial charge in [0.1, 0.15) is 5.01 Å². The average Bonchev–Trinajstić information content (AvgIpc) is 2.83. The molecule has 2 nitrogen and oxygen atoms in total. The molecule has 3 heteroatoms. The molecule has 0 bridgehead atoms. The molecular weight excluding hydrogens is 264 g/mol. The lowest BCUT2D eigenvalue weighted by molar-refractivity contribution is 0.300. The zero-order valence-corrected chi connectivity index (χ0v) is 12.9. The van der Waals surface area contributed by atoms with Crippen LogP contribution in [-0.4, -0.2) is 4.98 Å². The molecule has 1 aliphatic rings. The number of thiazole rings is 1. The Balaban J connectivity index is 2.02. The average molecular weight is 286 g/mol. The number of aromatic nitrogens is 1. The molecule has 1 heterocycles. The zero-order chi connectivity index (χ0) is 14.0. The summed E-state index contributed by atoms with van der Waals surface area (Å²) in [6.45, 7) is 2.83. The molecule has 0 radical (unpaired) electrons. The number of rotatable bonds is 5. The topological polar surface area (TPSA) is 38.9 Å². The second-order valence-electron chi connectivity index (χ2n) is 5.64. The van der Waals surface area contributed by atoms with E-state index in [1.54, 1.807) is 0 Å². The van der Waals surface area contributed by atoms with Crippen molar-refractivity contribution in [2.45, 2.75) is 51.0 Å². The minimum absolute atomic E-state index is 0.168. The van der Waals surface area contributed by atoms with Gasteiger partial charge in [0.05, 0.1) is 5.69 Å². The molecule has 1 saturated carbocycles. The first-order valence-electron chi connectivity index (χ1n) is 7.55. The van der Waals surface area contributed by atoms with E-state index in [9.17, 15) is 0 Å². The van der Waals surface area contributed by atoms with Gasteiger partial charge in [-0.05, 0) is 24.8 Å². The van der Waals surface area contributed by atoms with E-state index < -0.39 is 0 Å². The molecule has 0 atom stereocenters. The van der Waals surface area contributed by atoms with Gasteiger partial charge in [0, 0.05) is 16.8 Å². The largest absolute Gasteiger partial charge is 0.326 e. The summed E-state index contributed by atoms with van der Waals surface area (Å²) >= 11 is 1.84. The van der Waals surface area contributed by atoms with Crippen molar-refractivity contribution in [2.75, 3.05) is 0 Å². The van der Waals surface area contributed by atoms with Gasteiger partial charge in [0.15, 0.2) is 0 Å². The van der Waals surface area contributed by atoms with E-state index in [0.717, 1.165) is 12.8 Å². The number of hydrogen-bond donors (Lipinski definition) is 1. The predicted molar refractivity (Wildman–Crippen MR) is 85.1 cm³/mol. The molecule has 0 saturated heterocycles. The molecule has 0 aliphatic heterocycles. The fourth-order valence-electron chi connectivity index (χ4n) is 3.09. The molecule has 1 aromatic carbocycles. The molecule has 1 aliphatic carbocycles. The van der Waals surface area contributed by atoms with Crippen LogP contribution in [0.2, 0.25) is 0 Å². The molecular formula is C17H22N2S. The van der Waals surface area contributed by atoms with Crippen LogP contribution >= 0.6 is 11.3 Å². The highest BCUT2D eigenvalue weighted by atomic mass is 32.1. The van der Waals surface area contributed by atoms with Gasteiger partial charge in [0.25, 0.3) is 0 Å². The molecule has 1 fully saturated rings. The van der Waals surface area contributed by atoms with Crippen molar-refractivity contribution < 1.29 is 0 Å². The highest BCUT2D eigenvalue weighted by Crippen LogP contribution is 2.50. The SMILES string of the molecule is CCCc1nc(C2(c3ccccc3)CCC2)sc1CN. The van der Waals surface area contributed by atoms with Crippen molar-refractivity contribution in [1.82, 2.24) is 4.98 Å². The van der Waals surface area contributed by atoms with Crippen LogP contribution in [-0.2, 0) is 18.4 Å². The van der Waals surface area contributed by atoms with Crippen LogP contribution in [0.3, 0.4) is 0 Å². The summed E-state index contributed by atoms with van der Waals surface area (Å²) in [5.74, 6) is 0. The van der Waals surface area contributed by atoms with E-state index >= 15 is 0 Å².